The molecule has 0 amide bonds. The van der Waals surface area contributed by atoms with Crippen LogP contribution in [0, 0.1) is 20.8 Å². The number of halogens is 1. The van der Waals surface area contributed by atoms with Gasteiger partial charge in [0.05, 0.1) is 5.02 Å². The molecule has 0 unspecified atom stereocenters. The lowest BCUT2D eigenvalue weighted by molar-refractivity contribution is 0.0921. The average molecular weight is 306 g/mol. The Morgan fingerprint density at radius 3 is 2.57 bits per heavy atom. The smallest absolute Gasteiger partial charge is 0.202 e. The van der Waals surface area contributed by atoms with E-state index >= 15 is 0 Å². The van der Waals surface area contributed by atoms with Crippen LogP contribution in [0.5, 0.6) is 5.75 Å². The Bertz CT molecular complexity index is 674. The average Bonchev–Trinajstić information content (AvgIpc) is 2.74. The lowest BCUT2D eigenvalue weighted by atomic mass is 10.1. The zero-order valence-corrected chi connectivity index (χ0v) is 13.6. The Balaban J connectivity index is 2.14. The van der Waals surface area contributed by atoms with E-state index in [0.29, 0.717) is 10.8 Å². The van der Waals surface area contributed by atoms with Crippen molar-refractivity contribution in [3.8, 4) is 5.75 Å². The first-order chi connectivity index (χ1) is 9.93. The zero-order valence-electron chi connectivity index (χ0n) is 12.9. The van der Waals surface area contributed by atoms with Crippen molar-refractivity contribution in [2.45, 2.75) is 34.2 Å². The molecule has 0 saturated carbocycles. The first-order valence-corrected chi connectivity index (χ1v) is 7.40. The summed E-state index contributed by atoms with van der Waals surface area (Å²) in [5.74, 6) is 0.523. The number of aryl methyl sites for hydroxylation is 2. The number of ether oxygens (including phenoxy) is 1. The predicted octanol–water partition coefficient (Wildman–Crippen LogP) is 4.35. The van der Waals surface area contributed by atoms with E-state index in [0.717, 1.165) is 29.1 Å². The minimum Gasteiger partial charge on any atom is -0.484 e. The number of nitrogens with zero attached hydrogens (tertiary/aromatic N) is 1. The standard InChI is InChI=1S/C17H20ClNO2/c1-5-19-12(3)9-14(13(19)4)16(20)10-21-17-8-11(2)6-7-15(17)18/h6-9H,5,10H2,1-4H3. The number of carbonyl (C=O) groups excluding carboxylic acids is 1. The normalized spacial score (nSPS) is 10.7. The van der Waals surface area contributed by atoms with Crippen LogP contribution in [0.1, 0.15) is 34.2 Å². The van der Waals surface area contributed by atoms with Crippen molar-refractivity contribution in [1.29, 1.82) is 0 Å². The van der Waals surface area contributed by atoms with Crippen molar-refractivity contribution < 1.29 is 9.53 Å². The Morgan fingerprint density at radius 1 is 1.24 bits per heavy atom. The summed E-state index contributed by atoms with van der Waals surface area (Å²) in [6, 6.07) is 7.44. The third-order valence-corrected chi connectivity index (χ3v) is 3.95. The Hall–Kier alpha value is -1.74. The van der Waals surface area contributed by atoms with Crippen LogP contribution in [0.2, 0.25) is 5.02 Å². The molecule has 0 N–H and O–H groups in total. The number of carbonyl (C=O) groups is 1. The second kappa shape index (κ2) is 6.35. The summed E-state index contributed by atoms with van der Waals surface area (Å²) < 4.78 is 7.70. The summed E-state index contributed by atoms with van der Waals surface area (Å²) in [5.41, 5.74) is 3.84. The Kier molecular flexibility index (Phi) is 4.73. The molecule has 3 nitrogen and oxygen atoms in total. The largest absolute Gasteiger partial charge is 0.484 e. The molecule has 0 fully saturated rings. The molecule has 1 aromatic carbocycles. The van der Waals surface area contributed by atoms with E-state index in [1.807, 2.05) is 39.0 Å². The second-order valence-electron chi connectivity index (χ2n) is 5.17. The summed E-state index contributed by atoms with van der Waals surface area (Å²) in [7, 11) is 0. The molecule has 0 spiro atoms. The lowest BCUT2D eigenvalue weighted by Crippen LogP contribution is -2.13. The molecule has 112 valence electrons. The highest BCUT2D eigenvalue weighted by Crippen LogP contribution is 2.25. The molecule has 21 heavy (non-hydrogen) atoms. The third-order valence-electron chi connectivity index (χ3n) is 3.64. The highest BCUT2D eigenvalue weighted by atomic mass is 35.5. The van der Waals surface area contributed by atoms with Gasteiger partial charge in [-0.05, 0) is 51.5 Å². The fourth-order valence-corrected chi connectivity index (χ4v) is 2.68. The summed E-state index contributed by atoms with van der Waals surface area (Å²) in [5, 5.41) is 0.521. The summed E-state index contributed by atoms with van der Waals surface area (Å²) in [6.07, 6.45) is 0. The van der Waals surface area contributed by atoms with Crippen molar-refractivity contribution in [1.82, 2.24) is 4.57 Å². The number of hydrogen-bond acceptors (Lipinski definition) is 2. The highest BCUT2D eigenvalue weighted by Gasteiger charge is 2.16. The predicted molar refractivity (Wildman–Crippen MR) is 85.6 cm³/mol. The minimum atomic E-state index is -0.0274. The fraction of sp³-hybridized carbons (Fsp3) is 0.353. The molecular formula is C17H20ClNO2. The van der Waals surface area contributed by atoms with Gasteiger partial charge in [-0.3, -0.25) is 4.79 Å². The van der Waals surface area contributed by atoms with Crippen molar-refractivity contribution >= 4 is 17.4 Å². The van der Waals surface area contributed by atoms with Crippen molar-refractivity contribution in [2.75, 3.05) is 6.61 Å². The van der Waals surface area contributed by atoms with Crippen LogP contribution in [-0.2, 0) is 6.54 Å². The number of aromatic nitrogens is 1. The number of hydrogen-bond donors (Lipinski definition) is 0. The van der Waals surface area contributed by atoms with Crippen molar-refractivity contribution in [2.24, 2.45) is 0 Å². The summed E-state index contributed by atoms with van der Waals surface area (Å²) in [4.78, 5) is 12.3. The third kappa shape index (κ3) is 3.30. The monoisotopic (exact) mass is 305 g/mol. The van der Waals surface area contributed by atoms with E-state index in [4.69, 9.17) is 16.3 Å². The van der Waals surface area contributed by atoms with Crippen molar-refractivity contribution in [3.63, 3.8) is 0 Å². The van der Waals surface area contributed by atoms with Crippen LogP contribution < -0.4 is 4.74 Å². The van der Waals surface area contributed by atoms with E-state index in [1.54, 1.807) is 6.07 Å². The van der Waals surface area contributed by atoms with Gasteiger partial charge >= 0.3 is 0 Å². The second-order valence-corrected chi connectivity index (χ2v) is 5.58. The Morgan fingerprint density at radius 2 is 1.95 bits per heavy atom. The van der Waals surface area contributed by atoms with Crippen molar-refractivity contribution in [3.05, 3.63) is 51.8 Å². The van der Waals surface area contributed by atoms with Crippen LogP contribution in [0.4, 0.5) is 0 Å². The van der Waals surface area contributed by atoms with Gasteiger partial charge in [0.2, 0.25) is 5.78 Å². The van der Waals surface area contributed by atoms with Crippen LogP contribution >= 0.6 is 11.6 Å². The molecule has 1 heterocycles. The van der Waals surface area contributed by atoms with Gasteiger partial charge in [0.1, 0.15) is 5.75 Å². The molecule has 0 aliphatic rings. The molecule has 0 aliphatic heterocycles. The maximum atomic E-state index is 12.3. The minimum absolute atomic E-state index is 0.00280. The molecule has 0 atom stereocenters. The summed E-state index contributed by atoms with van der Waals surface area (Å²) >= 11 is 6.07. The number of Topliss-reactive ketones (excluding diaryl/α,β-unsaturated/α-hetero) is 1. The number of benzene rings is 1. The molecule has 0 radical (unpaired) electrons. The SMILES string of the molecule is CCn1c(C)cc(C(=O)COc2cc(C)ccc2Cl)c1C. The molecule has 1 aromatic heterocycles. The van der Waals surface area contributed by atoms with Gasteiger partial charge in [-0.2, -0.15) is 0 Å². The maximum absolute atomic E-state index is 12.3. The first-order valence-electron chi connectivity index (χ1n) is 7.03. The first kappa shape index (κ1) is 15.6. The molecule has 2 rings (SSSR count). The van der Waals surface area contributed by atoms with E-state index < -0.39 is 0 Å². The van der Waals surface area contributed by atoms with E-state index in [-0.39, 0.29) is 12.4 Å². The van der Waals surface area contributed by atoms with Gasteiger partial charge in [0.25, 0.3) is 0 Å². The van der Waals surface area contributed by atoms with Gasteiger partial charge in [0.15, 0.2) is 6.61 Å². The van der Waals surface area contributed by atoms with Gasteiger partial charge in [-0.25, -0.2) is 0 Å². The van der Waals surface area contributed by atoms with Gasteiger partial charge in [0, 0.05) is 23.5 Å². The number of ketones is 1. The molecule has 2 aromatic rings. The topological polar surface area (TPSA) is 31.2 Å². The quantitative estimate of drug-likeness (QED) is 0.769. The van der Waals surface area contributed by atoms with Crippen LogP contribution in [-0.4, -0.2) is 17.0 Å². The van der Waals surface area contributed by atoms with Gasteiger partial charge < -0.3 is 9.30 Å². The van der Waals surface area contributed by atoms with E-state index in [2.05, 4.69) is 11.5 Å². The van der Waals surface area contributed by atoms with E-state index in [1.165, 1.54) is 0 Å². The molecular weight excluding hydrogens is 286 g/mol. The fourth-order valence-electron chi connectivity index (χ4n) is 2.51. The van der Waals surface area contributed by atoms with Gasteiger partial charge in [-0.1, -0.05) is 17.7 Å². The number of rotatable bonds is 5. The maximum Gasteiger partial charge on any atom is 0.202 e. The Labute approximate surface area is 130 Å². The summed E-state index contributed by atoms with van der Waals surface area (Å²) in [6.45, 7) is 8.85. The van der Waals surface area contributed by atoms with Gasteiger partial charge in [-0.15, -0.1) is 0 Å². The lowest BCUT2D eigenvalue weighted by Gasteiger charge is -2.09. The van der Waals surface area contributed by atoms with E-state index in [9.17, 15) is 4.79 Å². The molecule has 0 saturated heterocycles. The molecule has 4 heteroatoms. The molecule has 0 aliphatic carbocycles. The van der Waals surface area contributed by atoms with Crippen LogP contribution in [0.3, 0.4) is 0 Å². The zero-order chi connectivity index (χ0) is 15.6. The highest BCUT2D eigenvalue weighted by molar-refractivity contribution is 6.32. The molecule has 0 bridgehead atoms. The van der Waals surface area contributed by atoms with Crippen LogP contribution in [0.25, 0.3) is 0 Å². The van der Waals surface area contributed by atoms with Crippen LogP contribution in [0.15, 0.2) is 24.3 Å².